The first-order valence-corrected chi connectivity index (χ1v) is 9.11. The molecule has 0 bridgehead atoms. The number of anilines is 1. The Morgan fingerprint density at radius 2 is 1.70 bits per heavy atom. The number of carbonyl (C=O) groups excluding carboxylic acids is 1. The van der Waals surface area contributed by atoms with Crippen LogP contribution in [0.15, 0.2) is 84.0 Å². The molecule has 0 aliphatic heterocycles. The van der Waals surface area contributed by atoms with Crippen LogP contribution in [0.5, 0.6) is 5.75 Å². The van der Waals surface area contributed by atoms with E-state index in [9.17, 15) is 4.79 Å². The summed E-state index contributed by atoms with van der Waals surface area (Å²) in [6.45, 7) is 0. The molecule has 6 heteroatoms. The Balaban J connectivity index is 1.37. The molecule has 0 amide bonds. The van der Waals surface area contributed by atoms with Crippen LogP contribution in [0, 0.1) is 0 Å². The molecule has 0 aliphatic carbocycles. The number of para-hydroxylation sites is 1. The Labute approximate surface area is 160 Å². The highest BCUT2D eigenvalue weighted by Gasteiger charge is 2.07. The monoisotopic (exact) mass is 373 g/mol. The Morgan fingerprint density at radius 3 is 2.48 bits per heavy atom. The highest BCUT2D eigenvalue weighted by atomic mass is 32.1. The third-order valence-corrected chi connectivity index (χ3v) is 4.71. The first kappa shape index (κ1) is 16.9. The van der Waals surface area contributed by atoms with Gasteiger partial charge in [-0.25, -0.2) is 9.78 Å². The standard InChI is InChI=1S/C21H15N3O2S/c25-20(16-6-2-1-3-7-16)26-17-12-10-15(11-13-17)14-22-24-21-23-18-8-4-5-9-19(18)27-21/h1-14H,(H,23,24)/b22-14+. The number of nitrogens with zero attached hydrogens (tertiary/aromatic N) is 2. The van der Waals surface area contributed by atoms with Crippen LogP contribution < -0.4 is 10.2 Å². The number of esters is 1. The zero-order valence-corrected chi connectivity index (χ0v) is 15.0. The summed E-state index contributed by atoms with van der Waals surface area (Å²) in [6.07, 6.45) is 1.69. The average molecular weight is 373 g/mol. The van der Waals surface area contributed by atoms with E-state index in [2.05, 4.69) is 15.5 Å². The first-order chi connectivity index (χ1) is 13.3. The smallest absolute Gasteiger partial charge is 0.343 e. The van der Waals surface area contributed by atoms with Gasteiger partial charge in [0.15, 0.2) is 0 Å². The van der Waals surface area contributed by atoms with Gasteiger partial charge in [-0.15, -0.1) is 0 Å². The van der Waals surface area contributed by atoms with E-state index >= 15 is 0 Å². The summed E-state index contributed by atoms with van der Waals surface area (Å²) in [7, 11) is 0. The van der Waals surface area contributed by atoms with E-state index < -0.39 is 0 Å². The maximum absolute atomic E-state index is 12.0. The molecule has 1 heterocycles. The van der Waals surface area contributed by atoms with Crippen molar-refractivity contribution in [1.82, 2.24) is 4.98 Å². The molecule has 0 fully saturated rings. The molecule has 1 aromatic heterocycles. The number of rotatable bonds is 5. The fourth-order valence-electron chi connectivity index (χ4n) is 2.44. The van der Waals surface area contributed by atoms with Crippen LogP contribution in [0.1, 0.15) is 15.9 Å². The number of nitrogens with one attached hydrogen (secondary N) is 1. The molecule has 0 radical (unpaired) electrons. The lowest BCUT2D eigenvalue weighted by atomic mass is 10.2. The van der Waals surface area contributed by atoms with Crippen LogP contribution in [-0.4, -0.2) is 17.2 Å². The first-order valence-electron chi connectivity index (χ1n) is 8.30. The Kier molecular flexibility index (Phi) is 4.89. The van der Waals surface area contributed by atoms with E-state index in [0.717, 1.165) is 20.9 Å². The molecule has 5 nitrogen and oxygen atoms in total. The van der Waals surface area contributed by atoms with Crippen LogP contribution in [0.25, 0.3) is 10.2 Å². The molecule has 1 N–H and O–H groups in total. The number of ether oxygens (including phenoxy) is 1. The summed E-state index contributed by atoms with van der Waals surface area (Å²) < 4.78 is 6.47. The highest BCUT2D eigenvalue weighted by molar-refractivity contribution is 7.22. The Hall–Kier alpha value is -3.51. The summed E-state index contributed by atoms with van der Waals surface area (Å²) in [5.74, 6) is 0.106. The van der Waals surface area contributed by atoms with Crippen molar-refractivity contribution in [1.29, 1.82) is 0 Å². The number of fused-ring (bicyclic) bond motifs is 1. The van der Waals surface area contributed by atoms with E-state index in [0.29, 0.717) is 11.3 Å². The maximum Gasteiger partial charge on any atom is 0.343 e. The van der Waals surface area contributed by atoms with Crippen molar-refractivity contribution in [3.8, 4) is 5.75 Å². The molecule has 0 atom stereocenters. The van der Waals surface area contributed by atoms with Crippen molar-refractivity contribution in [3.63, 3.8) is 0 Å². The Morgan fingerprint density at radius 1 is 0.963 bits per heavy atom. The van der Waals surface area contributed by atoms with Gasteiger partial charge in [0.2, 0.25) is 5.13 Å². The minimum atomic E-state index is -0.380. The molecular weight excluding hydrogens is 358 g/mol. The molecule has 0 aliphatic rings. The van der Waals surface area contributed by atoms with Gasteiger partial charge in [-0.2, -0.15) is 5.10 Å². The summed E-state index contributed by atoms with van der Waals surface area (Å²) in [5.41, 5.74) is 5.29. The number of hydrazone groups is 1. The van der Waals surface area contributed by atoms with E-state index in [4.69, 9.17) is 4.74 Å². The summed E-state index contributed by atoms with van der Waals surface area (Å²) in [5, 5.41) is 4.95. The highest BCUT2D eigenvalue weighted by Crippen LogP contribution is 2.25. The van der Waals surface area contributed by atoms with Crippen molar-refractivity contribution in [3.05, 3.63) is 90.0 Å². The van der Waals surface area contributed by atoms with Crippen LogP contribution >= 0.6 is 11.3 Å². The van der Waals surface area contributed by atoms with Crippen LogP contribution in [0.2, 0.25) is 0 Å². The quantitative estimate of drug-likeness (QED) is 0.232. The number of carbonyl (C=O) groups is 1. The SMILES string of the molecule is O=C(Oc1ccc(/C=N/Nc2nc3ccccc3s2)cc1)c1ccccc1. The number of hydrogen-bond acceptors (Lipinski definition) is 6. The van der Waals surface area contributed by atoms with Crippen molar-refractivity contribution in [2.75, 3.05) is 5.43 Å². The van der Waals surface area contributed by atoms with E-state index in [1.54, 1.807) is 53.9 Å². The molecule has 4 rings (SSSR count). The zero-order valence-electron chi connectivity index (χ0n) is 14.2. The van der Waals surface area contributed by atoms with Crippen LogP contribution in [0.4, 0.5) is 5.13 Å². The van der Waals surface area contributed by atoms with Gasteiger partial charge in [0.25, 0.3) is 0 Å². The van der Waals surface area contributed by atoms with Gasteiger partial charge < -0.3 is 4.74 Å². The van der Waals surface area contributed by atoms with Crippen LogP contribution in [-0.2, 0) is 0 Å². The lowest BCUT2D eigenvalue weighted by Gasteiger charge is -2.04. The lowest BCUT2D eigenvalue weighted by Crippen LogP contribution is -2.08. The topological polar surface area (TPSA) is 63.6 Å². The van der Waals surface area contributed by atoms with Gasteiger partial charge in [-0.3, -0.25) is 5.43 Å². The van der Waals surface area contributed by atoms with Crippen molar-refractivity contribution < 1.29 is 9.53 Å². The van der Waals surface area contributed by atoms with E-state index in [1.165, 1.54) is 0 Å². The molecule has 0 spiro atoms. The second-order valence-electron chi connectivity index (χ2n) is 5.68. The molecule has 0 saturated heterocycles. The van der Waals surface area contributed by atoms with Gasteiger partial charge in [-0.1, -0.05) is 41.7 Å². The predicted octanol–water partition coefficient (Wildman–Crippen LogP) is 4.96. The summed E-state index contributed by atoms with van der Waals surface area (Å²) >= 11 is 1.55. The predicted molar refractivity (Wildman–Crippen MR) is 109 cm³/mol. The number of aromatic nitrogens is 1. The van der Waals surface area contributed by atoms with Gasteiger partial charge >= 0.3 is 5.97 Å². The van der Waals surface area contributed by atoms with Gasteiger partial charge in [0, 0.05) is 0 Å². The van der Waals surface area contributed by atoms with E-state index in [1.807, 2.05) is 42.5 Å². The molecule has 0 saturated carbocycles. The van der Waals surface area contributed by atoms with Crippen molar-refractivity contribution in [2.24, 2.45) is 5.10 Å². The normalized spacial score (nSPS) is 11.0. The number of benzene rings is 3. The number of thiazole rings is 1. The third kappa shape index (κ3) is 4.19. The van der Waals surface area contributed by atoms with Gasteiger partial charge in [-0.05, 0) is 54.1 Å². The second-order valence-corrected chi connectivity index (χ2v) is 6.71. The lowest BCUT2D eigenvalue weighted by molar-refractivity contribution is 0.0735. The molecular formula is C21H15N3O2S. The van der Waals surface area contributed by atoms with Crippen molar-refractivity contribution in [2.45, 2.75) is 0 Å². The molecule has 27 heavy (non-hydrogen) atoms. The zero-order chi connectivity index (χ0) is 18.5. The second kappa shape index (κ2) is 7.80. The molecule has 4 aromatic rings. The largest absolute Gasteiger partial charge is 0.423 e. The summed E-state index contributed by atoms with van der Waals surface area (Å²) in [4.78, 5) is 16.5. The molecule has 3 aromatic carbocycles. The fraction of sp³-hybridized carbons (Fsp3) is 0. The Bertz CT molecular complexity index is 1060. The van der Waals surface area contributed by atoms with Crippen LogP contribution in [0.3, 0.4) is 0 Å². The molecule has 132 valence electrons. The fourth-order valence-corrected chi connectivity index (χ4v) is 3.26. The van der Waals surface area contributed by atoms with Gasteiger partial charge in [0.1, 0.15) is 5.75 Å². The summed E-state index contributed by atoms with van der Waals surface area (Å²) in [6, 6.07) is 24.0. The molecule has 0 unspecified atom stereocenters. The van der Waals surface area contributed by atoms with Gasteiger partial charge in [0.05, 0.1) is 22.0 Å². The average Bonchev–Trinajstić information content (AvgIpc) is 3.13. The maximum atomic E-state index is 12.0. The van der Waals surface area contributed by atoms with Crippen molar-refractivity contribution >= 4 is 38.9 Å². The minimum Gasteiger partial charge on any atom is -0.423 e. The number of hydrogen-bond donors (Lipinski definition) is 1. The third-order valence-electron chi connectivity index (χ3n) is 3.77. The minimum absolute atomic E-state index is 0.380. The van der Waals surface area contributed by atoms with E-state index in [-0.39, 0.29) is 5.97 Å².